The van der Waals surface area contributed by atoms with Gasteiger partial charge in [-0.15, -0.1) is 0 Å². The Hall–Kier alpha value is -0.0900. The SMILES string of the molecule is CCCCS(=O)(=O)NCC1CCCCCCC1. The zero-order chi connectivity index (χ0) is 12.6. The highest BCUT2D eigenvalue weighted by Gasteiger charge is 2.15. The van der Waals surface area contributed by atoms with Crippen molar-refractivity contribution < 1.29 is 8.42 Å². The van der Waals surface area contributed by atoms with Crippen LogP contribution in [0.4, 0.5) is 0 Å². The Bertz CT molecular complexity index is 280. The Morgan fingerprint density at radius 3 is 2.24 bits per heavy atom. The molecule has 102 valence electrons. The van der Waals surface area contributed by atoms with Gasteiger partial charge in [0.25, 0.3) is 0 Å². The third-order valence-corrected chi connectivity index (χ3v) is 5.02. The van der Waals surface area contributed by atoms with Crippen LogP contribution in [0.15, 0.2) is 0 Å². The summed E-state index contributed by atoms with van der Waals surface area (Å²) in [7, 11) is -3.01. The molecule has 1 fully saturated rings. The predicted octanol–water partition coefficient (Wildman–Crippen LogP) is 3.07. The Kier molecular flexibility index (Phi) is 7.12. The lowest BCUT2D eigenvalue weighted by Crippen LogP contribution is -2.31. The van der Waals surface area contributed by atoms with Crippen LogP contribution >= 0.6 is 0 Å². The fourth-order valence-corrected chi connectivity index (χ4v) is 3.70. The van der Waals surface area contributed by atoms with Crippen LogP contribution in [-0.2, 0) is 10.0 Å². The molecule has 0 amide bonds. The van der Waals surface area contributed by atoms with E-state index >= 15 is 0 Å². The van der Waals surface area contributed by atoms with Crippen LogP contribution in [0.2, 0.25) is 0 Å². The summed E-state index contributed by atoms with van der Waals surface area (Å²) in [6, 6.07) is 0. The van der Waals surface area contributed by atoms with Crippen LogP contribution in [0.5, 0.6) is 0 Å². The van der Waals surface area contributed by atoms with Crippen molar-refractivity contribution in [2.24, 2.45) is 5.92 Å². The van der Waals surface area contributed by atoms with Gasteiger partial charge in [0.2, 0.25) is 10.0 Å². The van der Waals surface area contributed by atoms with Gasteiger partial charge in [0.05, 0.1) is 5.75 Å². The fourth-order valence-electron chi connectivity index (χ4n) is 2.40. The number of nitrogens with one attached hydrogen (secondary N) is 1. The zero-order valence-electron chi connectivity index (χ0n) is 11.1. The minimum Gasteiger partial charge on any atom is -0.215 e. The van der Waals surface area contributed by atoms with Gasteiger partial charge < -0.3 is 0 Å². The van der Waals surface area contributed by atoms with Crippen LogP contribution in [-0.4, -0.2) is 20.7 Å². The van der Waals surface area contributed by atoms with Crippen LogP contribution in [0.1, 0.15) is 64.7 Å². The van der Waals surface area contributed by atoms with Gasteiger partial charge in [-0.3, -0.25) is 0 Å². The lowest BCUT2D eigenvalue weighted by molar-refractivity contribution is 0.376. The Morgan fingerprint density at radius 2 is 1.65 bits per heavy atom. The quantitative estimate of drug-likeness (QED) is 0.798. The predicted molar refractivity (Wildman–Crippen MR) is 72.5 cm³/mol. The van der Waals surface area contributed by atoms with Gasteiger partial charge in [0.1, 0.15) is 0 Å². The zero-order valence-corrected chi connectivity index (χ0v) is 11.9. The number of sulfonamides is 1. The van der Waals surface area contributed by atoms with Crippen molar-refractivity contribution in [3.05, 3.63) is 0 Å². The maximum Gasteiger partial charge on any atom is 0.211 e. The van der Waals surface area contributed by atoms with Crippen LogP contribution < -0.4 is 4.72 Å². The van der Waals surface area contributed by atoms with Crippen molar-refractivity contribution >= 4 is 10.0 Å². The standard InChI is InChI=1S/C13H27NO2S/c1-2-3-11-17(15,16)14-12-13-9-7-5-4-6-8-10-13/h13-14H,2-12H2,1H3. The molecule has 1 aliphatic carbocycles. The van der Waals surface area contributed by atoms with E-state index in [1.54, 1.807) is 0 Å². The summed E-state index contributed by atoms with van der Waals surface area (Å²) in [6.07, 6.45) is 10.6. The molecule has 0 aromatic carbocycles. The summed E-state index contributed by atoms with van der Waals surface area (Å²) in [5.41, 5.74) is 0. The molecule has 0 unspecified atom stereocenters. The molecule has 0 heterocycles. The second kappa shape index (κ2) is 8.09. The molecule has 1 aliphatic rings. The van der Waals surface area contributed by atoms with E-state index in [1.807, 2.05) is 6.92 Å². The highest BCUT2D eigenvalue weighted by Crippen LogP contribution is 2.21. The number of hydrogen-bond acceptors (Lipinski definition) is 2. The third-order valence-electron chi connectivity index (χ3n) is 3.58. The van der Waals surface area contributed by atoms with Crippen LogP contribution in [0, 0.1) is 5.92 Å². The number of unbranched alkanes of at least 4 members (excludes halogenated alkanes) is 1. The van der Waals surface area contributed by atoms with Gasteiger partial charge in [-0.25, -0.2) is 13.1 Å². The van der Waals surface area contributed by atoms with E-state index in [1.165, 1.54) is 44.9 Å². The molecule has 0 aromatic rings. The van der Waals surface area contributed by atoms with Gasteiger partial charge in [-0.1, -0.05) is 45.4 Å². The van der Waals surface area contributed by atoms with E-state index in [-0.39, 0.29) is 5.75 Å². The molecule has 3 nitrogen and oxygen atoms in total. The molecule has 1 N–H and O–H groups in total. The monoisotopic (exact) mass is 261 g/mol. The summed E-state index contributed by atoms with van der Waals surface area (Å²) in [6.45, 7) is 2.68. The smallest absolute Gasteiger partial charge is 0.211 e. The topological polar surface area (TPSA) is 46.2 Å². The summed E-state index contributed by atoms with van der Waals surface area (Å²) >= 11 is 0. The van der Waals surface area contributed by atoms with E-state index < -0.39 is 10.0 Å². The van der Waals surface area contributed by atoms with Crippen LogP contribution in [0.3, 0.4) is 0 Å². The van der Waals surface area contributed by atoms with E-state index in [9.17, 15) is 8.42 Å². The molecule has 17 heavy (non-hydrogen) atoms. The van der Waals surface area contributed by atoms with Crippen molar-refractivity contribution in [3.8, 4) is 0 Å². The van der Waals surface area contributed by atoms with Gasteiger partial charge in [-0.05, 0) is 25.2 Å². The average Bonchev–Trinajstić information content (AvgIpc) is 2.25. The largest absolute Gasteiger partial charge is 0.215 e. The number of rotatable bonds is 6. The first kappa shape index (κ1) is 15.0. The average molecular weight is 261 g/mol. The van der Waals surface area contributed by atoms with Crippen molar-refractivity contribution in [1.29, 1.82) is 0 Å². The highest BCUT2D eigenvalue weighted by molar-refractivity contribution is 7.89. The maximum atomic E-state index is 11.7. The normalized spacial score (nSPS) is 19.8. The van der Waals surface area contributed by atoms with E-state index in [2.05, 4.69) is 4.72 Å². The molecule has 4 heteroatoms. The summed E-state index contributed by atoms with van der Waals surface area (Å²) in [5.74, 6) is 0.850. The van der Waals surface area contributed by atoms with Crippen molar-refractivity contribution in [2.45, 2.75) is 64.7 Å². The van der Waals surface area contributed by atoms with Crippen LogP contribution in [0.25, 0.3) is 0 Å². The van der Waals surface area contributed by atoms with Crippen molar-refractivity contribution in [3.63, 3.8) is 0 Å². The fraction of sp³-hybridized carbons (Fsp3) is 1.00. The molecule has 0 spiro atoms. The van der Waals surface area contributed by atoms with E-state index in [4.69, 9.17) is 0 Å². The molecule has 0 aromatic heterocycles. The first-order chi connectivity index (χ1) is 8.14. The summed E-state index contributed by atoms with van der Waals surface area (Å²) in [4.78, 5) is 0. The second-order valence-electron chi connectivity index (χ2n) is 5.23. The summed E-state index contributed by atoms with van der Waals surface area (Å²) < 4.78 is 26.1. The van der Waals surface area contributed by atoms with E-state index in [0.29, 0.717) is 12.5 Å². The van der Waals surface area contributed by atoms with Gasteiger partial charge in [-0.2, -0.15) is 0 Å². The first-order valence-corrected chi connectivity index (χ1v) is 8.76. The van der Waals surface area contributed by atoms with E-state index in [0.717, 1.165) is 12.8 Å². The summed E-state index contributed by atoms with van der Waals surface area (Å²) in [5, 5.41) is 0. The molecular formula is C13H27NO2S. The molecule has 1 rings (SSSR count). The Morgan fingerprint density at radius 1 is 1.06 bits per heavy atom. The molecular weight excluding hydrogens is 234 g/mol. The highest BCUT2D eigenvalue weighted by atomic mass is 32.2. The molecule has 0 radical (unpaired) electrons. The first-order valence-electron chi connectivity index (χ1n) is 7.11. The molecule has 1 saturated carbocycles. The third kappa shape index (κ3) is 7.04. The molecule has 0 atom stereocenters. The molecule has 0 bridgehead atoms. The van der Waals surface area contributed by atoms with Gasteiger partial charge in [0.15, 0.2) is 0 Å². The Balaban J connectivity index is 2.27. The van der Waals surface area contributed by atoms with Crippen molar-refractivity contribution in [1.82, 2.24) is 4.72 Å². The minimum atomic E-state index is -3.01. The molecule has 0 saturated heterocycles. The second-order valence-corrected chi connectivity index (χ2v) is 7.16. The minimum absolute atomic E-state index is 0.288. The van der Waals surface area contributed by atoms with Gasteiger partial charge in [0, 0.05) is 6.54 Å². The Labute approximate surface area is 106 Å². The lowest BCUT2D eigenvalue weighted by Gasteiger charge is -2.19. The number of hydrogen-bond donors (Lipinski definition) is 1. The maximum absolute atomic E-state index is 11.7. The lowest BCUT2D eigenvalue weighted by atomic mass is 9.91. The molecule has 0 aliphatic heterocycles. The van der Waals surface area contributed by atoms with Crippen molar-refractivity contribution in [2.75, 3.05) is 12.3 Å². The van der Waals surface area contributed by atoms with Gasteiger partial charge >= 0.3 is 0 Å².